The van der Waals surface area contributed by atoms with E-state index in [0.29, 0.717) is 41.5 Å². The van der Waals surface area contributed by atoms with Crippen molar-refractivity contribution in [1.29, 1.82) is 0 Å². The summed E-state index contributed by atoms with van der Waals surface area (Å²) in [6, 6.07) is 34.2. The Morgan fingerprint density at radius 1 is 0.736 bits per heavy atom. The van der Waals surface area contributed by atoms with Gasteiger partial charge in [-0.2, -0.15) is 0 Å². The Morgan fingerprint density at radius 3 is 2.23 bits per heavy atom. The highest BCUT2D eigenvalue weighted by Crippen LogP contribution is 2.47. The Hall–Kier alpha value is -5.43. The molecule has 0 fully saturated rings. The van der Waals surface area contributed by atoms with Gasteiger partial charge in [0.25, 0.3) is 0 Å². The van der Waals surface area contributed by atoms with Crippen molar-refractivity contribution in [2.24, 2.45) is 5.92 Å². The van der Waals surface area contributed by atoms with Crippen LogP contribution in [0.3, 0.4) is 0 Å². The summed E-state index contributed by atoms with van der Waals surface area (Å²) in [5.41, 5.74) is 6.39. The molecule has 4 heterocycles. The van der Waals surface area contributed by atoms with Gasteiger partial charge in [0.1, 0.15) is 16.9 Å². The Labute approximate surface area is 310 Å². The maximum Gasteiger partial charge on any atom is 0.336 e. The van der Waals surface area contributed by atoms with Gasteiger partial charge in [-0.1, -0.05) is 84.4 Å². The van der Waals surface area contributed by atoms with Crippen molar-refractivity contribution >= 4 is 22.9 Å². The summed E-state index contributed by atoms with van der Waals surface area (Å²) in [6.07, 6.45) is 2.30. The highest BCUT2D eigenvalue weighted by atomic mass is 16.6. The van der Waals surface area contributed by atoms with Crippen LogP contribution >= 0.6 is 0 Å². The van der Waals surface area contributed by atoms with Crippen molar-refractivity contribution < 1.29 is 28.2 Å². The molecule has 0 saturated carbocycles. The third-order valence-electron chi connectivity index (χ3n) is 10.5. The van der Waals surface area contributed by atoms with Crippen molar-refractivity contribution in [2.75, 3.05) is 0 Å². The van der Waals surface area contributed by atoms with Crippen LogP contribution in [0.2, 0.25) is 0 Å². The lowest BCUT2D eigenvalue weighted by Crippen LogP contribution is -2.52. The standard InChI is InChI=1S/C46H46O7/c1-29(2)37-22-19-30-13-15-33(16-14-30)27-35(18-17-32-11-8-12-34(26-32)25-31-9-6-5-7-10-31)28-40(48)51-43-41-38(53-46(3,4)44(43)52-45(37)49)23-20-36-21-24-39(47)50-42(36)41/h5-16,20-21,23-24,26,35,43-44H,17-19,22,25,27-28H2,1-4H3/t35-,43-,44+/m1/s1. The van der Waals surface area contributed by atoms with Gasteiger partial charge in [0, 0.05) is 23.4 Å². The van der Waals surface area contributed by atoms with E-state index in [0.717, 1.165) is 36.0 Å². The normalized spacial score (nSPS) is 20.2. The van der Waals surface area contributed by atoms with Crippen molar-refractivity contribution in [3.8, 4) is 5.75 Å². The van der Waals surface area contributed by atoms with Gasteiger partial charge in [-0.3, -0.25) is 4.79 Å². The van der Waals surface area contributed by atoms with Crippen molar-refractivity contribution in [3.63, 3.8) is 0 Å². The summed E-state index contributed by atoms with van der Waals surface area (Å²) in [4.78, 5) is 40.8. The van der Waals surface area contributed by atoms with Crippen LogP contribution in [0, 0.1) is 5.92 Å². The molecule has 3 aliphatic rings. The molecule has 0 radical (unpaired) electrons. The molecule has 3 atom stereocenters. The number of esters is 2. The largest absolute Gasteiger partial charge is 0.483 e. The lowest BCUT2D eigenvalue weighted by molar-refractivity contribution is -0.188. The first-order valence-electron chi connectivity index (χ1n) is 18.5. The van der Waals surface area contributed by atoms with E-state index in [2.05, 4.69) is 72.8 Å². The Morgan fingerprint density at radius 2 is 1.45 bits per heavy atom. The van der Waals surface area contributed by atoms with Crippen LogP contribution in [0.15, 0.2) is 123 Å². The van der Waals surface area contributed by atoms with E-state index in [1.54, 1.807) is 18.2 Å². The number of hydrogen-bond acceptors (Lipinski definition) is 7. The molecule has 7 nitrogen and oxygen atoms in total. The quantitative estimate of drug-likeness (QED) is 0.102. The van der Waals surface area contributed by atoms with Gasteiger partial charge in [-0.25, -0.2) is 9.59 Å². The van der Waals surface area contributed by atoms with Crippen molar-refractivity contribution in [1.82, 2.24) is 0 Å². The second-order valence-electron chi connectivity index (χ2n) is 15.2. The van der Waals surface area contributed by atoms with Gasteiger partial charge in [0.15, 0.2) is 12.2 Å². The number of ether oxygens (including phenoxy) is 3. The summed E-state index contributed by atoms with van der Waals surface area (Å²) in [5.74, 6) is -0.543. The van der Waals surface area contributed by atoms with Crippen molar-refractivity contribution in [2.45, 2.75) is 90.4 Å². The fraction of sp³-hybridized carbons (Fsp3) is 0.326. The van der Waals surface area contributed by atoms with Gasteiger partial charge >= 0.3 is 17.6 Å². The average molecular weight is 711 g/mol. The maximum atomic E-state index is 14.2. The van der Waals surface area contributed by atoms with E-state index in [4.69, 9.17) is 18.6 Å². The van der Waals surface area contributed by atoms with E-state index in [1.807, 2.05) is 33.8 Å². The summed E-state index contributed by atoms with van der Waals surface area (Å²) >= 11 is 0. The first-order chi connectivity index (χ1) is 25.5. The zero-order valence-corrected chi connectivity index (χ0v) is 30.9. The van der Waals surface area contributed by atoms with E-state index < -0.39 is 35.4 Å². The summed E-state index contributed by atoms with van der Waals surface area (Å²) in [5, 5.41) is 0.639. The summed E-state index contributed by atoms with van der Waals surface area (Å²) < 4.78 is 24.9. The lowest BCUT2D eigenvalue weighted by Gasteiger charge is -2.43. The first-order valence-corrected chi connectivity index (χ1v) is 18.5. The van der Waals surface area contributed by atoms with Gasteiger partial charge in [-0.05, 0) is 118 Å². The number of fused-ring (bicyclic) bond motifs is 13. The minimum Gasteiger partial charge on any atom is -0.483 e. The predicted octanol–water partition coefficient (Wildman–Crippen LogP) is 9.22. The Bertz CT molecular complexity index is 2210. The molecule has 4 aromatic carbocycles. The molecule has 0 spiro atoms. The van der Waals surface area contributed by atoms with E-state index in [9.17, 15) is 14.4 Å². The second kappa shape index (κ2) is 15.3. The van der Waals surface area contributed by atoms with Crippen LogP contribution in [-0.2, 0) is 44.7 Å². The average Bonchev–Trinajstić information content (AvgIpc) is 3.12. The van der Waals surface area contributed by atoms with Gasteiger partial charge in [-0.15, -0.1) is 0 Å². The van der Waals surface area contributed by atoms with Gasteiger partial charge < -0.3 is 18.6 Å². The molecule has 0 N–H and O–H groups in total. The number of aryl methyl sites for hydroxylation is 2. The number of hydrogen-bond donors (Lipinski definition) is 0. The fourth-order valence-electron chi connectivity index (χ4n) is 7.66. The van der Waals surface area contributed by atoms with Gasteiger partial charge in [0.05, 0.1) is 5.56 Å². The molecule has 2 bridgehead atoms. The molecule has 53 heavy (non-hydrogen) atoms. The van der Waals surface area contributed by atoms with Crippen LogP contribution in [0.25, 0.3) is 11.0 Å². The molecule has 0 unspecified atom stereocenters. The van der Waals surface area contributed by atoms with Crippen LogP contribution in [0.1, 0.15) is 86.4 Å². The minimum absolute atomic E-state index is 0.0323. The smallest absolute Gasteiger partial charge is 0.336 e. The molecular weight excluding hydrogens is 664 g/mol. The highest BCUT2D eigenvalue weighted by molar-refractivity contribution is 5.90. The van der Waals surface area contributed by atoms with E-state index in [1.165, 1.54) is 22.8 Å². The number of allylic oxidation sites excluding steroid dienone is 1. The zero-order chi connectivity index (χ0) is 37.1. The summed E-state index contributed by atoms with van der Waals surface area (Å²) in [7, 11) is 0. The van der Waals surface area contributed by atoms with Gasteiger partial charge in [0.2, 0.25) is 0 Å². The van der Waals surface area contributed by atoms with Crippen LogP contribution < -0.4 is 10.4 Å². The second-order valence-corrected chi connectivity index (χ2v) is 15.2. The van der Waals surface area contributed by atoms with E-state index >= 15 is 0 Å². The van der Waals surface area contributed by atoms with E-state index in [-0.39, 0.29) is 17.9 Å². The molecule has 7 heteroatoms. The fourth-order valence-corrected chi connectivity index (χ4v) is 7.66. The lowest BCUT2D eigenvalue weighted by atomic mass is 9.86. The molecule has 8 rings (SSSR count). The molecule has 3 aliphatic heterocycles. The SMILES string of the molecule is CC(C)=C1CCc2ccc(cc2)C[C@@H](CCc2cccc(Cc3ccccc3)c2)CC(=O)O[C@@H]2c3c(ccc4ccc(=O)oc34)OC(C)(C)[C@H]2OC1=O. The molecule has 272 valence electrons. The molecule has 0 saturated heterocycles. The Kier molecular flexibility index (Phi) is 10.4. The number of rotatable bonds is 5. The minimum atomic E-state index is -1.09. The number of benzene rings is 4. The van der Waals surface area contributed by atoms with Crippen LogP contribution in [0.5, 0.6) is 5.75 Å². The topological polar surface area (TPSA) is 92.0 Å². The molecular formula is C46H46O7. The Balaban J connectivity index is 1.23. The molecule has 0 amide bonds. The predicted molar refractivity (Wildman–Crippen MR) is 205 cm³/mol. The number of carbonyl (C=O) groups is 2. The third-order valence-corrected chi connectivity index (χ3v) is 10.5. The zero-order valence-electron chi connectivity index (χ0n) is 30.9. The molecule has 0 aliphatic carbocycles. The summed E-state index contributed by atoms with van der Waals surface area (Å²) in [6.45, 7) is 7.43. The molecule has 5 aromatic rings. The third kappa shape index (κ3) is 8.30. The van der Waals surface area contributed by atoms with Crippen LogP contribution in [-0.4, -0.2) is 23.6 Å². The monoisotopic (exact) mass is 710 g/mol. The number of carbonyl (C=O) groups excluding carboxylic acids is 2. The highest BCUT2D eigenvalue weighted by Gasteiger charge is 2.50. The van der Waals surface area contributed by atoms with Crippen molar-refractivity contribution in [3.05, 3.63) is 158 Å². The maximum absolute atomic E-state index is 14.2. The van der Waals surface area contributed by atoms with Crippen LogP contribution in [0.4, 0.5) is 0 Å². The molecule has 1 aromatic heterocycles. The first kappa shape index (κ1) is 36.0.